The predicted octanol–water partition coefficient (Wildman–Crippen LogP) is 6.11. The number of aromatic nitrogens is 6. The van der Waals surface area contributed by atoms with Crippen LogP contribution in [0.15, 0.2) is 72.0 Å². The van der Waals surface area contributed by atoms with E-state index >= 15 is 0 Å². The van der Waals surface area contributed by atoms with E-state index in [2.05, 4.69) is 36.6 Å². The predicted molar refractivity (Wildman–Crippen MR) is 177 cm³/mol. The molecule has 0 bridgehead atoms. The summed E-state index contributed by atoms with van der Waals surface area (Å²) in [5.74, 6) is -0.0893. The number of carbonyl (C=O) groups excluding carboxylic acids is 1. The van der Waals surface area contributed by atoms with E-state index in [0.717, 1.165) is 38.9 Å². The maximum atomic E-state index is 13.5. The van der Waals surface area contributed by atoms with E-state index in [-0.39, 0.29) is 47.6 Å². The number of anilines is 1. The monoisotopic (exact) mass is 642 g/mol. The van der Waals surface area contributed by atoms with Crippen molar-refractivity contribution < 1.29 is 18.6 Å². The number of aryl methyl sites for hydroxylation is 3. The Kier molecular flexibility index (Phi) is 9.00. The zero-order valence-corrected chi connectivity index (χ0v) is 27.1. The Morgan fingerprint density at radius 1 is 1.07 bits per heavy atom. The van der Waals surface area contributed by atoms with Gasteiger partial charge in [-0.1, -0.05) is 36.4 Å². The molecular weight excluding hydrogens is 604 g/mol. The van der Waals surface area contributed by atoms with Crippen LogP contribution in [0.2, 0.25) is 0 Å². The Labute approximate surface area is 269 Å². The fraction of sp³-hybridized carbons (Fsp3) is 0.333. The molecule has 240 valence electrons. The maximum Gasteiger partial charge on any atom is 0.239 e. The molecule has 0 saturated carbocycles. The van der Waals surface area contributed by atoms with Gasteiger partial charge in [0.1, 0.15) is 16.5 Å². The summed E-state index contributed by atoms with van der Waals surface area (Å²) >= 11 is 0. The molecule has 1 aliphatic rings. The van der Waals surface area contributed by atoms with Crippen LogP contribution < -0.4 is 10.1 Å². The molecule has 2 unspecified atom stereocenters. The second kappa shape index (κ2) is 13.1. The van der Waals surface area contributed by atoms with E-state index in [1.807, 2.05) is 56.6 Å². The van der Waals surface area contributed by atoms with Crippen LogP contribution in [0, 0.1) is 13.8 Å². The van der Waals surface area contributed by atoms with Crippen molar-refractivity contribution in [2.24, 2.45) is 0 Å². The fourth-order valence-corrected chi connectivity index (χ4v) is 7.47. The van der Waals surface area contributed by atoms with Gasteiger partial charge in [-0.3, -0.25) is 19.2 Å². The first-order valence-corrected chi connectivity index (χ1v) is 16.8. The molecule has 0 spiro atoms. The van der Waals surface area contributed by atoms with Gasteiger partial charge >= 0.3 is 0 Å². The minimum absolute atomic E-state index is 0.124. The molecule has 5 aromatic rings. The number of hydrogen-bond donors (Lipinski definition) is 3. The van der Waals surface area contributed by atoms with Crippen LogP contribution in [0.25, 0.3) is 11.0 Å². The summed E-state index contributed by atoms with van der Waals surface area (Å²) in [5.41, 5.74) is 6.43. The van der Waals surface area contributed by atoms with Crippen LogP contribution in [0.4, 0.5) is 5.95 Å². The highest BCUT2D eigenvalue weighted by Crippen LogP contribution is 2.57. The third-order valence-corrected chi connectivity index (χ3v) is 10.4. The zero-order valence-electron chi connectivity index (χ0n) is 26.3. The summed E-state index contributed by atoms with van der Waals surface area (Å²) in [6.45, 7) is 9.30. The van der Waals surface area contributed by atoms with Crippen LogP contribution in [-0.4, -0.2) is 61.9 Å². The van der Waals surface area contributed by atoms with Crippen molar-refractivity contribution in [3.8, 4) is 5.88 Å². The maximum absolute atomic E-state index is 13.5. The van der Waals surface area contributed by atoms with Crippen molar-refractivity contribution in [3.63, 3.8) is 0 Å². The minimum atomic E-state index is -3.40. The summed E-state index contributed by atoms with van der Waals surface area (Å²) in [4.78, 5) is 26.3. The summed E-state index contributed by atoms with van der Waals surface area (Å²) in [6.07, 6.45) is 5.28. The van der Waals surface area contributed by atoms with Gasteiger partial charge in [0.2, 0.25) is 17.7 Å². The number of pyridine rings is 1. The Balaban J connectivity index is 1.39. The summed E-state index contributed by atoms with van der Waals surface area (Å²) in [7, 11) is -3.40. The smallest absolute Gasteiger partial charge is 0.239 e. The Morgan fingerprint density at radius 2 is 1.85 bits per heavy atom. The van der Waals surface area contributed by atoms with Crippen molar-refractivity contribution in [2.45, 2.75) is 70.5 Å². The average molecular weight is 643 g/mol. The third-order valence-electron chi connectivity index (χ3n) is 8.52. The SMILES string of the molecule is CCC1CN(Cc2cc(C(CC(=O)Nc3ncccn3)c3ccc4c(nnn4CC)c3C)ccc2C)S(O)(O)c2cccnc2O1. The average Bonchev–Trinajstić information content (AvgIpc) is 3.45. The Morgan fingerprint density at radius 3 is 2.61 bits per heavy atom. The summed E-state index contributed by atoms with van der Waals surface area (Å²) < 4.78 is 32.8. The minimum Gasteiger partial charge on any atom is -0.472 e. The van der Waals surface area contributed by atoms with Gasteiger partial charge in [-0.2, -0.15) is 4.31 Å². The number of carbonyl (C=O) groups is 1. The number of hydrogen-bond acceptors (Lipinski definition) is 10. The van der Waals surface area contributed by atoms with Gasteiger partial charge in [-0.15, -0.1) is 15.9 Å². The van der Waals surface area contributed by atoms with Gasteiger partial charge in [0.05, 0.1) is 12.1 Å². The van der Waals surface area contributed by atoms with Gasteiger partial charge in [-0.25, -0.2) is 19.6 Å². The topological polar surface area (TPSA) is 151 Å². The first-order valence-electron chi connectivity index (χ1n) is 15.3. The van der Waals surface area contributed by atoms with Crippen molar-refractivity contribution in [3.05, 3.63) is 94.9 Å². The Bertz CT molecular complexity index is 1870. The quantitative estimate of drug-likeness (QED) is 0.172. The van der Waals surface area contributed by atoms with Crippen LogP contribution in [0.5, 0.6) is 5.88 Å². The number of benzene rings is 2. The zero-order chi connectivity index (χ0) is 32.4. The molecule has 6 rings (SSSR count). The van der Waals surface area contributed by atoms with Crippen molar-refractivity contribution in [2.75, 3.05) is 11.9 Å². The number of nitrogens with one attached hydrogen (secondary N) is 1. The number of nitrogens with zero attached hydrogens (tertiary/aromatic N) is 7. The van der Waals surface area contributed by atoms with Crippen LogP contribution in [0.1, 0.15) is 60.4 Å². The molecule has 3 aromatic heterocycles. The standard InChI is InChI=1S/C33H38N8O4S/c1-5-25-20-40(46(43,44)29-9-7-14-34-32(29)45-25)19-24-17-23(11-10-21(24)3)27(18-30(42)37-33-35-15-8-16-36-33)26-12-13-28-31(22(26)4)38-39-41(28)6-2/h7-17,25,27,43-44H,5-6,18-20H2,1-4H3,(H,35,36,37,42). The lowest BCUT2D eigenvalue weighted by molar-refractivity contribution is -0.116. The van der Waals surface area contributed by atoms with Crippen molar-refractivity contribution in [1.29, 1.82) is 0 Å². The number of fused-ring (bicyclic) bond motifs is 2. The van der Waals surface area contributed by atoms with Gasteiger partial charge < -0.3 is 4.74 Å². The number of rotatable bonds is 9. The van der Waals surface area contributed by atoms with Crippen molar-refractivity contribution >= 4 is 33.7 Å². The summed E-state index contributed by atoms with van der Waals surface area (Å²) in [5, 5.41) is 11.6. The lowest BCUT2D eigenvalue weighted by Crippen LogP contribution is -2.34. The van der Waals surface area contributed by atoms with E-state index in [9.17, 15) is 13.9 Å². The number of amides is 1. The first kappa shape index (κ1) is 31.5. The highest BCUT2D eigenvalue weighted by molar-refractivity contribution is 8.22. The molecule has 2 aromatic carbocycles. The molecule has 0 fully saturated rings. The van der Waals surface area contributed by atoms with Crippen LogP contribution >= 0.6 is 10.8 Å². The second-order valence-corrected chi connectivity index (χ2v) is 13.4. The second-order valence-electron chi connectivity index (χ2n) is 11.4. The molecule has 13 heteroatoms. The van der Waals surface area contributed by atoms with Gasteiger partial charge in [0.15, 0.2) is 0 Å². The molecule has 0 aliphatic carbocycles. The lowest BCUT2D eigenvalue weighted by Gasteiger charge is -2.41. The van der Waals surface area contributed by atoms with E-state index in [1.54, 1.807) is 41.1 Å². The highest BCUT2D eigenvalue weighted by Gasteiger charge is 2.36. The van der Waals surface area contributed by atoms with E-state index in [1.165, 1.54) is 0 Å². The van der Waals surface area contributed by atoms with Gasteiger partial charge in [0, 0.05) is 44.0 Å². The third kappa shape index (κ3) is 6.18. The largest absolute Gasteiger partial charge is 0.472 e. The molecular formula is C33H38N8O4S. The van der Waals surface area contributed by atoms with Gasteiger partial charge in [-0.05, 0) is 79.3 Å². The molecule has 12 nitrogen and oxygen atoms in total. The molecule has 4 heterocycles. The highest BCUT2D eigenvalue weighted by atomic mass is 32.3. The van der Waals surface area contributed by atoms with Crippen molar-refractivity contribution in [1.82, 2.24) is 34.3 Å². The van der Waals surface area contributed by atoms with E-state index in [0.29, 0.717) is 19.5 Å². The molecule has 3 N–H and O–H groups in total. The van der Waals surface area contributed by atoms with E-state index < -0.39 is 10.8 Å². The fourth-order valence-electron chi connectivity index (χ4n) is 5.90. The van der Waals surface area contributed by atoms with E-state index in [4.69, 9.17) is 4.74 Å². The molecule has 1 aliphatic heterocycles. The summed E-state index contributed by atoms with van der Waals surface area (Å²) in [6, 6.07) is 15.2. The van der Waals surface area contributed by atoms with Crippen LogP contribution in [0.3, 0.4) is 0 Å². The Hall–Kier alpha value is -4.43. The normalized spacial score (nSPS) is 17.5. The van der Waals surface area contributed by atoms with Crippen LogP contribution in [-0.2, 0) is 17.9 Å². The first-order chi connectivity index (χ1) is 22.2. The van der Waals surface area contributed by atoms with Gasteiger partial charge in [0.25, 0.3) is 0 Å². The lowest BCUT2D eigenvalue weighted by atomic mass is 9.84. The molecule has 1 amide bonds. The number of ether oxygens (including phenoxy) is 1. The molecule has 2 atom stereocenters. The molecule has 0 radical (unpaired) electrons. The molecule has 0 saturated heterocycles. The molecule has 46 heavy (non-hydrogen) atoms.